The number of hydrogen-bond donors (Lipinski definition) is 0. The maximum atomic E-state index is 3.00. The highest BCUT2D eigenvalue weighted by molar-refractivity contribution is 7.98. The molecule has 0 aliphatic rings. The minimum atomic E-state index is 1.33. The summed E-state index contributed by atoms with van der Waals surface area (Å²) in [6, 6.07) is 10.3. The fourth-order valence-electron chi connectivity index (χ4n) is 0.557. The largest absolute Gasteiger partial charge is 0.130 e. The Hall–Kier alpha value is -0.690. The van der Waals surface area contributed by atoms with Gasteiger partial charge in [0.05, 0.1) is 0 Å². The molecule has 0 unspecified atom stereocenters. The lowest BCUT2D eigenvalue weighted by atomic mass is 10.4. The van der Waals surface area contributed by atoms with E-state index in [2.05, 4.69) is 31.5 Å². The smallest absolute Gasteiger partial charge is 0.00691 e. The van der Waals surface area contributed by atoms with E-state index in [0.717, 1.165) is 0 Å². The SMILES string of the molecule is C=C.CSc1ccccc1. The van der Waals surface area contributed by atoms with Crippen molar-refractivity contribution in [1.29, 1.82) is 0 Å². The Morgan fingerprint density at radius 2 is 1.60 bits per heavy atom. The van der Waals surface area contributed by atoms with Crippen LogP contribution in [0.25, 0.3) is 0 Å². The van der Waals surface area contributed by atoms with Crippen molar-refractivity contribution in [2.24, 2.45) is 0 Å². The van der Waals surface area contributed by atoms with Gasteiger partial charge in [0.2, 0.25) is 0 Å². The second-order valence-corrected chi connectivity index (χ2v) is 2.40. The van der Waals surface area contributed by atoms with E-state index in [1.54, 1.807) is 11.8 Å². The molecule has 1 aromatic rings. The van der Waals surface area contributed by atoms with Gasteiger partial charge in [-0.25, -0.2) is 0 Å². The van der Waals surface area contributed by atoms with E-state index in [1.165, 1.54) is 4.90 Å². The molecule has 10 heavy (non-hydrogen) atoms. The molecule has 0 bridgehead atoms. The van der Waals surface area contributed by atoms with Crippen molar-refractivity contribution in [3.05, 3.63) is 43.5 Å². The minimum absolute atomic E-state index is 1.33. The van der Waals surface area contributed by atoms with Gasteiger partial charge in [0, 0.05) is 4.90 Å². The monoisotopic (exact) mass is 152 g/mol. The van der Waals surface area contributed by atoms with Crippen molar-refractivity contribution in [2.75, 3.05) is 6.26 Å². The van der Waals surface area contributed by atoms with Crippen LogP contribution >= 0.6 is 11.8 Å². The van der Waals surface area contributed by atoms with Crippen molar-refractivity contribution in [3.8, 4) is 0 Å². The third kappa shape index (κ3) is 3.36. The Morgan fingerprint density at radius 1 is 1.10 bits per heavy atom. The molecule has 0 N–H and O–H groups in total. The van der Waals surface area contributed by atoms with Gasteiger partial charge in [-0.1, -0.05) is 18.2 Å². The van der Waals surface area contributed by atoms with Crippen LogP contribution in [0.4, 0.5) is 0 Å². The Kier molecular flexibility index (Phi) is 5.99. The van der Waals surface area contributed by atoms with Gasteiger partial charge in [-0.2, -0.15) is 0 Å². The highest BCUT2D eigenvalue weighted by Crippen LogP contribution is 2.11. The van der Waals surface area contributed by atoms with Gasteiger partial charge < -0.3 is 0 Å². The molecule has 1 rings (SSSR count). The van der Waals surface area contributed by atoms with Crippen LogP contribution in [0.2, 0.25) is 0 Å². The third-order valence-electron chi connectivity index (χ3n) is 0.979. The average molecular weight is 152 g/mol. The van der Waals surface area contributed by atoms with Gasteiger partial charge in [-0.05, 0) is 18.4 Å². The lowest BCUT2D eigenvalue weighted by molar-refractivity contribution is 1.47. The molecule has 0 atom stereocenters. The fourth-order valence-corrected chi connectivity index (χ4v) is 0.986. The second kappa shape index (κ2) is 6.43. The highest BCUT2D eigenvalue weighted by atomic mass is 32.2. The normalized spacial score (nSPS) is 7.70. The number of rotatable bonds is 1. The molecule has 0 aromatic heterocycles. The summed E-state index contributed by atoms with van der Waals surface area (Å²) >= 11 is 1.77. The molecule has 0 radical (unpaired) electrons. The van der Waals surface area contributed by atoms with E-state index in [4.69, 9.17) is 0 Å². The van der Waals surface area contributed by atoms with Crippen molar-refractivity contribution < 1.29 is 0 Å². The van der Waals surface area contributed by atoms with Crippen LogP contribution in [0.3, 0.4) is 0 Å². The standard InChI is InChI=1S/C7H8S.C2H4/c1-8-7-5-3-2-4-6-7;1-2/h2-6H,1H3;1-2H2. The van der Waals surface area contributed by atoms with E-state index in [9.17, 15) is 0 Å². The predicted octanol–water partition coefficient (Wildman–Crippen LogP) is 3.21. The summed E-state index contributed by atoms with van der Waals surface area (Å²) in [6.45, 7) is 6.00. The summed E-state index contributed by atoms with van der Waals surface area (Å²) in [5, 5.41) is 0. The molecule has 0 saturated heterocycles. The summed E-state index contributed by atoms with van der Waals surface area (Å²) in [5.41, 5.74) is 0. The molecule has 0 fully saturated rings. The van der Waals surface area contributed by atoms with E-state index in [1.807, 2.05) is 18.2 Å². The molecular formula is C9H12S. The maximum absolute atomic E-state index is 3.00. The van der Waals surface area contributed by atoms with Crippen LogP contribution in [-0.4, -0.2) is 6.26 Å². The summed E-state index contributed by atoms with van der Waals surface area (Å²) in [4.78, 5) is 1.33. The lowest BCUT2D eigenvalue weighted by Gasteiger charge is -1.89. The molecule has 0 aliphatic carbocycles. The first-order chi connectivity index (χ1) is 4.93. The van der Waals surface area contributed by atoms with Crippen LogP contribution in [-0.2, 0) is 0 Å². The van der Waals surface area contributed by atoms with Gasteiger partial charge in [0.1, 0.15) is 0 Å². The molecule has 0 amide bonds. The Bertz CT molecular complexity index is 158. The molecule has 1 aromatic carbocycles. The van der Waals surface area contributed by atoms with Crippen molar-refractivity contribution >= 4 is 11.8 Å². The summed E-state index contributed by atoms with van der Waals surface area (Å²) in [5.74, 6) is 0. The summed E-state index contributed by atoms with van der Waals surface area (Å²) < 4.78 is 0. The number of hydrogen-bond acceptors (Lipinski definition) is 1. The van der Waals surface area contributed by atoms with E-state index >= 15 is 0 Å². The second-order valence-electron chi connectivity index (χ2n) is 1.52. The lowest BCUT2D eigenvalue weighted by Crippen LogP contribution is -1.62. The number of benzene rings is 1. The van der Waals surface area contributed by atoms with E-state index in [-0.39, 0.29) is 0 Å². The van der Waals surface area contributed by atoms with Crippen molar-refractivity contribution in [1.82, 2.24) is 0 Å². The van der Waals surface area contributed by atoms with Crippen LogP contribution in [0.1, 0.15) is 0 Å². The molecule has 54 valence electrons. The van der Waals surface area contributed by atoms with Crippen LogP contribution in [0.15, 0.2) is 48.4 Å². The maximum Gasteiger partial charge on any atom is 0.00691 e. The third-order valence-corrected chi connectivity index (χ3v) is 1.72. The summed E-state index contributed by atoms with van der Waals surface area (Å²) in [7, 11) is 0. The van der Waals surface area contributed by atoms with E-state index < -0.39 is 0 Å². The van der Waals surface area contributed by atoms with Crippen LogP contribution in [0, 0.1) is 0 Å². The zero-order valence-corrected chi connectivity index (χ0v) is 7.03. The minimum Gasteiger partial charge on any atom is -0.130 e. The topological polar surface area (TPSA) is 0 Å². The van der Waals surface area contributed by atoms with Crippen LogP contribution < -0.4 is 0 Å². The first-order valence-electron chi connectivity index (χ1n) is 3.02. The summed E-state index contributed by atoms with van der Waals surface area (Å²) in [6.07, 6.45) is 2.08. The van der Waals surface area contributed by atoms with Crippen molar-refractivity contribution in [2.45, 2.75) is 4.90 Å². The molecule has 0 heterocycles. The van der Waals surface area contributed by atoms with Gasteiger partial charge in [0.15, 0.2) is 0 Å². The number of thioether (sulfide) groups is 1. The molecule has 0 nitrogen and oxygen atoms in total. The average Bonchev–Trinajstić information content (AvgIpc) is 2.10. The van der Waals surface area contributed by atoms with Gasteiger partial charge >= 0.3 is 0 Å². The molecule has 0 saturated carbocycles. The molecular weight excluding hydrogens is 140 g/mol. The van der Waals surface area contributed by atoms with Gasteiger partial charge in [0.25, 0.3) is 0 Å². The zero-order valence-electron chi connectivity index (χ0n) is 6.21. The van der Waals surface area contributed by atoms with Gasteiger partial charge in [-0.3, -0.25) is 0 Å². The Morgan fingerprint density at radius 3 is 1.90 bits per heavy atom. The zero-order chi connectivity index (χ0) is 7.82. The first kappa shape index (κ1) is 9.31. The predicted molar refractivity (Wildman–Crippen MR) is 49.5 cm³/mol. The highest BCUT2D eigenvalue weighted by Gasteiger charge is 1.80. The quantitative estimate of drug-likeness (QED) is 0.440. The Labute approximate surface area is 67.0 Å². The van der Waals surface area contributed by atoms with E-state index in [0.29, 0.717) is 0 Å². The van der Waals surface area contributed by atoms with Gasteiger partial charge in [-0.15, -0.1) is 24.9 Å². The Balaban J connectivity index is 0.000000371. The van der Waals surface area contributed by atoms with Crippen LogP contribution in [0.5, 0.6) is 0 Å². The fraction of sp³-hybridized carbons (Fsp3) is 0.111. The molecule has 1 heteroatoms. The molecule has 0 aliphatic heterocycles. The van der Waals surface area contributed by atoms with Crippen molar-refractivity contribution in [3.63, 3.8) is 0 Å². The molecule has 0 spiro atoms. The first-order valence-corrected chi connectivity index (χ1v) is 4.25.